The highest BCUT2D eigenvalue weighted by atomic mass is 16.3. The third-order valence-corrected chi connectivity index (χ3v) is 3.47. The summed E-state index contributed by atoms with van der Waals surface area (Å²) in [5.41, 5.74) is 3.66. The van der Waals surface area contributed by atoms with E-state index < -0.39 is 0 Å². The number of anilines is 1. The van der Waals surface area contributed by atoms with Gasteiger partial charge < -0.3 is 9.73 Å². The van der Waals surface area contributed by atoms with E-state index >= 15 is 0 Å². The summed E-state index contributed by atoms with van der Waals surface area (Å²) in [5.74, 6) is 0.698. The molecule has 1 amide bonds. The molecule has 2 aromatic carbocycles. The largest absolute Gasteiger partial charge is 0.441 e. The molecule has 0 fully saturated rings. The second kappa shape index (κ2) is 6.43. The first-order valence-electron chi connectivity index (χ1n) is 7.42. The number of carbonyl (C=O) groups excluding carboxylic acids is 1. The lowest BCUT2D eigenvalue weighted by atomic mass is 10.2. The molecule has 0 aliphatic carbocycles. The molecule has 0 atom stereocenters. The van der Waals surface area contributed by atoms with E-state index in [-0.39, 0.29) is 5.91 Å². The highest BCUT2D eigenvalue weighted by molar-refractivity contribution is 5.90. The number of aryl methyl sites for hydroxylation is 2. The molecule has 4 heteroatoms. The van der Waals surface area contributed by atoms with Gasteiger partial charge in [-0.3, -0.25) is 4.79 Å². The predicted octanol–water partition coefficient (Wildman–Crippen LogP) is 4.10. The summed E-state index contributed by atoms with van der Waals surface area (Å²) in [6, 6.07) is 15.5. The van der Waals surface area contributed by atoms with Crippen molar-refractivity contribution in [3.05, 3.63) is 60.0 Å². The fourth-order valence-electron chi connectivity index (χ4n) is 2.29. The molecule has 0 bridgehead atoms. The van der Waals surface area contributed by atoms with Crippen LogP contribution in [0.1, 0.15) is 24.3 Å². The number of hydrogen-bond acceptors (Lipinski definition) is 3. The summed E-state index contributed by atoms with van der Waals surface area (Å²) in [5, 5.41) is 2.89. The molecule has 0 aliphatic heterocycles. The zero-order valence-corrected chi connectivity index (χ0v) is 12.5. The third kappa shape index (κ3) is 3.52. The van der Waals surface area contributed by atoms with Gasteiger partial charge in [-0.25, -0.2) is 4.98 Å². The molecule has 1 aromatic heterocycles. The van der Waals surface area contributed by atoms with Gasteiger partial charge in [-0.2, -0.15) is 0 Å². The summed E-state index contributed by atoms with van der Waals surface area (Å²) in [7, 11) is 0. The third-order valence-electron chi connectivity index (χ3n) is 3.47. The van der Waals surface area contributed by atoms with Crippen molar-refractivity contribution in [1.82, 2.24) is 4.98 Å². The maximum absolute atomic E-state index is 11.9. The first-order chi connectivity index (χ1) is 10.7. The van der Waals surface area contributed by atoms with Crippen LogP contribution < -0.4 is 5.32 Å². The summed E-state index contributed by atoms with van der Waals surface area (Å²) < 4.78 is 5.64. The number of hydrogen-bond donors (Lipinski definition) is 1. The number of nitrogens with one attached hydrogen (secondary N) is 1. The Bertz CT molecular complexity index is 742. The minimum absolute atomic E-state index is 0.0139. The topological polar surface area (TPSA) is 55.1 Å². The highest BCUT2D eigenvalue weighted by Crippen LogP contribution is 2.16. The molecule has 0 radical (unpaired) electrons. The van der Waals surface area contributed by atoms with Gasteiger partial charge in [0.25, 0.3) is 0 Å². The molecule has 0 spiro atoms. The Morgan fingerprint density at radius 2 is 1.91 bits per heavy atom. The van der Waals surface area contributed by atoms with Gasteiger partial charge >= 0.3 is 0 Å². The van der Waals surface area contributed by atoms with Crippen molar-refractivity contribution in [2.45, 2.75) is 26.2 Å². The minimum atomic E-state index is 0.0139. The van der Waals surface area contributed by atoms with Crippen molar-refractivity contribution in [3.8, 4) is 0 Å². The van der Waals surface area contributed by atoms with Crippen molar-refractivity contribution < 1.29 is 9.21 Å². The Kier molecular flexibility index (Phi) is 4.19. The summed E-state index contributed by atoms with van der Waals surface area (Å²) in [6.07, 6.45) is 1.83. The van der Waals surface area contributed by atoms with E-state index in [4.69, 9.17) is 4.42 Å². The quantitative estimate of drug-likeness (QED) is 0.771. The van der Waals surface area contributed by atoms with E-state index in [1.807, 2.05) is 55.5 Å². The van der Waals surface area contributed by atoms with Crippen LogP contribution in [0.25, 0.3) is 11.1 Å². The fraction of sp³-hybridized carbons (Fsp3) is 0.222. The van der Waals surface area contributed by atoms with E-state index in [1.165, 1.54) is 5.56 Å². The average molecular weight is 294 g/mol. The highest BCUT2D eigenvalue weighted by Gasteiger charge is 2.07. The summed E-state index contributed by atoms with van der Waals surface area (Å²) in [4.78, 5) is 16.3. The van der Waals surface area contributed by atoms with Gasteiger partial charge in [0.15, 0.2) is 11.5 Å². The number of amides is 1. The smallest absolute Gasteiger partial charge is 0.224 e. The zero-order valence-electron chi connectivity index (χ0n) is 12.5. The summed E-state index contributed by atoms with van der Waals surface area (Å²) >= 11 is 0. The molecule has 0 aliphatic rings. The van der Waals surface area contributed by atoms with Gasteiger partial charge in [0.2, 0.25) is 5.91 Å². The first-order valence-corrected chi connectivity index (χ1v) is 7.42. The fourth-order valence-corrected chi connectivity index (χ4v) is 2.29. The number of oxazole rings is 1. The lowest BCUT2D eigenvalue weighted by Gasteiger charge is -2.04. The van der Waals surface area contributed by atoms with E-state index in [2.05, 4.69) is 10.3 Å². The number of rotatable bonds is 5. The molecule has 3 rings (SSSR count). The number of carbonyl (C=O) groups is 1. The van der Waals surface area contributed by atoms with Crippen molar-refractivity contribution in [1.29, 1.82) is 0 Å². The van der Waals surface area contributed by atoms with Crippen molar-refractivity contribution in [3.63, 3.8) is 0 Å². The molecule has 112 valence electrons. The maximum Gasteiger partial charge on any atom is 0.224 e. The first kappa shape index (κ1) is 14.3. The normalized spacial score (nSPS) is 10.8. The van der Waals surface area contributed by atoms with Crippen LogP contribution in [0.5, 0.6) is 0 Å². The molecule has 22 heavy (non-hydrogen) atoms. The van der Waals surface area contributed by atoms with Crippen LogP contribution in [0.2, 0.25) is 0 Å². The van der Waals surface area contributed by atoms with Gasteiger partial charge in [-0.15, -0.1) is 0 Å². The molecule has 1 N–H and O–H groups in total. The average Bonchev–Trinajstić information content (AvgIpc) is 2.92. The molecular formula is C18H18N2O2. The molecule has 3 aromatic rings. The van der Waals surface area contributed by atoms with Crippen molar-refractivity contribution in [2.75, 3.05) is 5.32 Å². The molecule has 0 unspecified atom stereocenters. The Morgan fingerprint density at radius 1 is 1.14 bits per heavy atom. The van der Waals surface area contributed by atoms with Crippen LogP contribution in [0.4, 0.5) is 5.69 Å². The molecule has 1 heterocycles. The minimum Gasteiger partial charge on any atom is -0.441 e. The van der Waals surface area contributed by atoms with Gasteiger partial charge in [-0.05, 0) is 37.6 Å². The van der Waals surface area contributed by atoms with E-state index in [9.17, 15) is 4.79 Å². The van der Waals surface area contributed by atoms with Gasteiger partial charge in [0.05, 0.1) is 0 Å². The van der Waals surface area contributed by atoms with Crippen LogP contribution in [-0.4, -0.2) is 10.9 Å². The van der Waals surface area contributed by atoms with Crippen LogP contribution in [-0.2, 0) is 11.2 Å². The van der Waals surface area contributed by atoms with E-state index in [1.54, 1.807) is 0 Å². The van der Waals surface area contributed by atoms with Crippen LogP contribution in [0.15, 0.2) is 52.9 Å². The standard InChI is InChI=1S/C18H18N2O2/c1-13-9-11-14(12-10-13)19-17(21)7-4-8-18-20-15-5-2-3-6-16(15)22-18/h2-3,5-6,9-12H,4,7-8H2,1H3,(H,19,21). The van der Waals surface area contributed by atoms with E-state index in [0.717, 1.165) is 16.8 Å². The predicted molar refractivity (Wildman–Crippen MR) is 86.8 cm³/mol. The molecule has 4 nitrogen and oxygen atoms in total. The summed E-state index contributed by atoms with van der Waals surface area (Å²) in [6.45, 7) is 2.02. The van der Waals surface area contributed by atoms with Gasteiger partial charge in [-0.1, -0.05) is 29.8 Å². The lowest BCUT2D eigenvalue weighted by Crippen LogP contribution is -2.11. The van der Waals surface area contributed by atoms with Crippen molar-refractivity contribution >= 4 is 22.7 Å². The second-order valence-electron chi connectivity index (χ2n) is 5.34. The molecular weight excluding hydrogens is 276 g/mol. The number of benzene rings is 2. The monoisotopic (exact) mass is 294 g/mol. The number of para-hydroxylation sites is 2. The van der Waals surface area contributed by atoms with Crippen molar-refractivity contribution in [2.24, 2.45) is 0 Å². The van der Waals surface area contributed by atoms with Crippen LogP contribution in [0.3, 0.4) is 0 Å². The molecule has 0 saturated carbocycles. The number of nitrogens with zero attached hydrogens (tertiary/aromatic N) is 1. The van der Waals surface area contributed by atoms with Gasteiger partial charge in [0, 0.05) is 18.5 Å². The van der Waals surface area contributed by atoms with E-state index in [0.29, 0.717) is 25.2 Å². The molecule has 0 saturated heterocycles. The Hall–Kier alpha value is -2.62. The SMILES string of the molecule is Cc1ccc(NC(=O)CCCc2nc3ccccc3o2)cc1. The second-order valence-corrected chi connectivity index (χ2v) is 5.34. The Balaban J connectivity index is 1.49. The zero-order chi connectivity index (χ0) is 15.4. The Labute approximate surface area is 129 Å². The number of fused-ring (bicyclic) bond motifs is 1. The van der Waals surface area contributed by atoms with Crippen LogP contribution in [0, 0.1) is 6.92 Å². The maximum atomic E-state index is 11.9. The Morgan fingerprint density at radius 3 is 2.68 bits per heavy atom. The van der Waals surface area contributed by atoms with Gasteiger partial charge in [0.1, 0.15) is 5.52 Å². The lowest BCUT2D eigenvalue weighted by molar-refractivity contribution is -0.116. The number of aromatic nitrogens is 1. The van der Waals surface area contributed by atoms with Crippen LogP contribution >= 0.6 is 0 Å².